The summed E-state index contributed by atoms with van der Waals surface area (Å²) in [6, 6.07) is 7.50. The van der Waals surface area contributed by atoms with E-state index in [-0.39, 0.29) is 17.8 Å². The molecule has 2 heterocycles. The van der Waals surface area contributed by atoms with Gasteiger partial charge in [-0.25, -0.2) is 14.3 Å². The number of nitrogens with one attached hydrogen (secondary N) is 1. The van der Waals surface area contributed by atoms with Crippen molar-refractivity contribution in [2.75, 3.05) is 5.32 Å². The van der Waals surface area contributed by atoms with Crippen molar-refractivity contribution in [1.82, 2.24) is 18.7 Å². The van der Waals surface area contributed by atoms with Crippen molar-refractivity contribution in [2.24, 2.45) is 0 Å². The van der Waals surface area contributed by atoms with E-state index in [0.29, 0.717) is 30.5 Å². The van der Waals surface area contributed by atoms with Crippen molar-refractivity contribution >= 4 is 22.8 Å². The number of benzene rings is 1. The van der Waals surface area contributed by atoms with Gasteiger partial charge >= 0.3 is 5.69 Å². The smallest absolute Gasteiger partial charge is 0.333 e. The quantitative estimate of drug-likeness (QED) is 0.488. The second kappa shape index (κ2) is 10.6. The van der Waals surface area contributed by atoms with Crippen LogP contribution in [0.15, 0.2) is 33.9 Å². The maximum absolute atomic E-state index is 13.3. The van der Waals surface area contributed by atoms with Crippen LogP contribution in [-0.2, 0) is 31.0 Å². The van der Waals surface area contributed by atoms with Gasteiger partial charge in [0, 0.05) is 18.8 Å². The SMILES string of the molecule is CCCCn1c(=O)n(CC(=O)Nc2ccc(C(C)C)cc2)c(=O)c2c1nc(CO)n2CCC. The van der Waals surface area contributed by atoms with E-state index in [2.05, 4.69) is 24.1 Å². The number of hydrogen-bond donors (Lipinski definition) is 2. The summed E-state index contributed by atoms with van der Waals surface area (Å²) in [5.74, 6) is 0.247. The van der Waals surface area contributed by atoms with Gasteiger partial charge in [-0.1, -0.05) is 46.2 Å². The Bertz CT molecular complexity index is 1230. The molecular weight excluding hydrogens is 422 g/mol. The topological polar surface area (TPSA) is 111 Å². The van der Waals surface area contributed by atoms with Crippen molar-refractivity contribution in [3.63, 3.8) is 0 Å². The van der Waals surface area contributed by atoms with Crippen molar-refractivity contribution in [3.8, 4) is 0 Å². The molecule has 0 saturated heterocycles. The molecule has 2 N–H and O–H groups in total. The van der Waals surface area contributed by atoms with Crippen LogP contribution in [0.3, 0.4) is 0 Å². The molecule has 1 aromatic carbocycles. The molecule has 0 unspecified atom stereocenters. The molecule has 0 saturated carbocycles. The molecule has 1 amide bonds. The van der Waals surface area contributed by atoms with Gasteiger partial charge in [-0.3, -0.25) is 14.2 Å². The van der Waals surface area contributed by atoms with Crippen molar-refractivity contribution in [1.29, 1.82) is 0 Å². The first-order valence-electron chi connectivity index (χ1n) is 11.6. The minimum Gasteiger partial charge on any atom is -0.388 e. The minimum absolute atomic E-state index is 0.241. The van der Waals surface area contributed by atoms with Gasteiger partial charge < -0.3 is 15.0 Å². The fraction of sp³-hybridized carbons (Fsp3) is 0.500. The molecule has 0 spiro atoms. The first kappa shape index (κ1) is 24.4. The number of aromatic nitrogens is 4. The molecule has 3 rings (SSSR count). The van der Waals surface area contributed by atoms with Gasteiger partial charge in [0.2, 0.25) is 5.91 Å². The zero-order valence-electron chi connectivity index (χ0n) is 19.8. The summed E-state index contributed by atoms with van der Waals surface area (Å²) in [5, 5.41) is 12.5. The second-order valence-electron chi connectivity index (χ2n) is 8.51. The van der Waals surface area contributed by atoms with E-state index < -0.39 is 23.7 Å². The van der Waals surface area contributed by atoms with Gasteiger partial charge in [-0.15, -0.1) is 0 Å². The monoisotopic (exact) mass is 455 g/mol. The first-order valence-corrected chi connectivity index (χ1v) is 11.6. The Morgan fingerprint density at radius 1 is 1.03 bits per heavy atom. The molecule has 33 heavy (non-hydrogen) atoms. The van der Waals surface area contributed by atoms with Crippen LogP contribution in [0.1, 0.15) is 64.3 Å². The number of aliphatic hydroxyl groups excluding tert-OH is 1. The van der Waals surface area contributed by atoms with E-state index >= 15 is 0 Å². The Hall–Kier alpha value is -3.20. The molecule has 0 aliphatic carbocycles. The maximum atomic E-state index is 13.3. The molecule has 0 aliphatic heterocycles. The number of anilines is 1. The molecule has 0 aliphatic rings. The maximum Gasteiger partial charge on any atom is 0.333 e. The second-order valence-corrected chi connectivity index (χ2v) is 8.51. The average Bonchev–Trinajstić information content (AvgIpc) is 3.15. The molecule has 2 aromatic heterocycles. The Kier molecular flexibility index (Phi) is 7.86. The molecule has 0 atom stereocenters. The van der Waals surface area contributed by atoms with Crippen LogP contribution >= 0.6 is 0 Å². The lowest BCUT2D eigenvalue weighted by Gasteiger charge is -2.13. The van der Waals surface area contributed by atoms with E-state index in [4.69, 9.17) is 0 Å². The Balaban J connectivity index is 2.04. The van der Waals surface area contributed by atoms with E-state index in [1.165, 1.54) is 4.57 Å². The largest absolute Gasteiger partial charge is 0.388 e. The van der Waals surface area contributed by atoms with E-state index in [1.54, 1.807) is 4.57 Å². The number of nitrogens with zero attached hydrogens (tertiary/aromatic N) is 4. The van der Waals surface area contributed by atoms with Crippen molar-refractivity contribution < 1.29 is 9.90 Å². The summed E-state index contributed by atoms with van der Waals surface area (Å²) in [7, 11) is 0. The lowest BCUT2D eigenvalue weighted by atomic mass is 10.0. The first-order chi connectivity index (χ1) is 15.8. The number of amides is 1. The van der Waals surface area contributed by atoms with E-state index in [0.717, 1.165) is 29.4 Å². The van der Waals surface area contributed by atoms with E-state index in [1.807, 2.05) is 38.1 Å². The fourth-order valence-corrected chi connectivity index (χ4v) is 3.87. The van der Waals surface area contributed by atoms with Crippen molar-refractivity contribution in [2.45, 2.75) is 79.1 Å². The molecular formula is C24H33N5O4. The minimum atomic E-state index is -0.575. The standard InChI is InChI=1S/C24H33N5O4/c1-5-7-13-28-22-21(27(12-6-2)19(15-30)26-22)23(32)29(24(28)33)14-20(31)25-18-10-8-17(9-11-18)16(3)4/h8-11,16,30H,5-7,12-15H2,1-4H3,(H,25,31). The number of rotatable bonds is 10. The van der Waals surface area contributed by atoms with Crippen LogP contribution in [0.4, 0.5) is 5.69 Å². The van der Waals surface area contributed by atoms with Gasteiger partial charge in [0.15, 0.2) is 11.2 Å². The number of imidazole rings is 1. The summed E-state index contributed by atoms with van der Waals surface area (Å²) < 4.78 is 4.06. The van der Waals surface area contributed by atoms with Crippen LogP contribution in [0.2, 0.25) is 0 Å². The molecule has 9 nitrogen and oxygen atoms in total. The normalized spacial score (nSPS) is 11.5. The summed E-state index contributed by atoms with van der Waals surface area (Å²) in [4.78, 5) is 43.7. The lowest BCUT2D eigenvalue weighted by molar-refractivity contribution is -0.116. The average molecular weight is 456 g/mol. The number of aryl methyl sites for hydroxylation is 2. The van der Waals surface area contributed by atoms with Crippen LogP contribution in [0.5, 0.6) is 0 Å². The van der Waals surface area contributed by atoms with Gasteiger partial charge in [0.25, 0.3) is 5.56 Å². The highest BCUT2D eigenvalue weighted by Crippen LogP contribution is 2.17. The van der Waals surface area contributed by atoms with E-state index in [9.17, 15) is 19.5 Å². The fourth-order valence-electron chi connectivity index (χ4n) is 3.87. The number of fused-ring (bicyclic) bond motifs is 1. The van der Waals surface area contributed by atoms with Crippen molar-refractivity contribution in [3.05, 3.63) is 56.5 Å². The summed E-state index contributed by atoms with van der Waals surface area (Å²) in [6.45, 7) is 8.23. The zero-order valence-corrected chi connectivity index (χ0v) is 19.8. The summed E-state index contributed by atoms with van der Waals surface area (Å²) in [6.07, 6.45) is 2.29. The number of hydrogen-bond acceptors (Lipinski definition) is 5. The number of unbranched alkanes of at least 4 members (excludes halogenated alkanes) is 1. The number of aliphatic hydroxyl groups is 1. The van der Waals surface area contributed by atoms with Gasteiger partial charge in [0.05, 0.1) is 0 Å². The Labute approximate surface area is 192 Å². The highest BCUT2D eigenvalue weighted by molar-refractivity contribution is 5.90. The van der Waals surface area contributed by atoms with Gasteiger partial charge in [-0.2, -0.15) is 0 Å². The molecule has 9 heteroatoms. The van der Waals surface area contributed by atoms with Gasteiger partial charge in [-0.05, 0) is 36.5 Å². The third kappa shape index (κ3) is 5.08. The number of carbonyl (C=O) groups excluding carboxylic acids is 1. The third-order valence-corrected chi connectivity index (χ3v) is 5.68. The van der Waals surface area contributed by atoms with Crippen LogP contribution in [0.25, 0.3) is 11.2 Å². The predicted molar refractivity (Wildman–Crippen MR) is 129 cm³/mol. The summed E-state index contributed by atoms with van der Waals surface area (Å²) in [5.41, 5.74) is 1.11. The molecule has 0 radical (unpaired) electrons. The molecule has 0 fully saturated rings. The Morgan fingerprint density at radius 3 is 2.30 bits per heavy atom. The van der Waals surface area contributed by atoms with Crippen LogP contribution in [-0.4, -0.2) is 29.7 Å². The van der Waals surface area contributed by atoms with Crippen LogP contribution < -0.4 is 16.6 Å². The molecule has 0 bridgehead atoms. The highest BCUT2D eigenvalue weighted by atomic mass is 16.3. The van der Waals surface area contributed by atoms with Crippen LogP contribution in [0, 0.1) is 0 Å². The third-order valence-electron chi connectivity index (χ3n) is 5.68. The highest BCUT2D eigenvalue weighted by Gasteiger charge is 2.22. The Morgan fingerprint density at radius 2 is 1.73 bits per heavy atom. The number of carbonyl (C=O) groups is 1. The summed E-state index contributed by atoms with van der Waals surface area (Å²) >= 11 is 0. The zero-order chi connectivity index (χ0) is 24.1. The molecule has 178 valence electrons. The predicted octanol–water partition coefficient (Wildman–Crippen LogP) is 2.82. The van der Waals surface area contributed by atoms with Gasteiger partial charge in [0.1, 0.15) is 19.0 Å². The lowest BCUT2D eigenvalue weighted by Crippen LogP contribution is -2.43. The molecule has 3 aromatic rings.